The highest BCUT2D eigenvalue weighted by atomic mass is 32.2. The summed E-state index contributed by atoms with van der Waals surface area (Å²) in [5.74, 6) is -2.56. The molecule has 0 radical (unpaired) electrons. The van der Waals surface area contributed by atoms with Gasteiger partial charge in [-0.25, -0.2) is 8.42 Å². The van der Waals surface area contributed by atoms with E-state index in [0.29, 0.717) is 5.56 Å². The van der Waals surface area contributed by atoms with E-state index >= 15 is 0 Å². The Morgan fingerprint density at radius 1 is 0.765 bits per heavy atom. The lowest BCUT2D eigenvalue weighted by molar-refractivity contribution is 0.103. The first kappa shape index (κ1) is 24.0. The lowest BCUT2D eigenvalue weighted by Gasteiger charge is -2.10. The first-order valence-corrected chi connectivity index (χ1v) is 10.9. The number of ketones is 1. The number of rotatable bonds is 3. The summed E-state index contributed by atoms with van der Waals surface area (Å²) in [6.07, 6.45) is 0. The third-order valence-corrected chi connectivity index (χ3v) is 5.65. The number of diazo groups is 1. The largest absolute Gasteiger partial charge is 0.744 e. The van der Waals surface area contributed by atoms with Crippen LogP contribution in [0.1, 0.15) is 15.9 Å². The minimum atomic E-state index is -4.62. The molecule has 11 heteroatoms. The highest BCUT2D eigenvalue weighted by Gasteiger charge is 2.19. The van der Waals surface area contributed by atoms with Crippen LogP contribution in [-0.4, -0.2) is 39.2 Å². The average Bonchev–Trinajstić information content (AvgIpc) is 2.83. The maximum Gasteiger partial charge on any atom is 0.426 e. The number of phenolic OH excluding ortho intramolecular Hbond substituents is 4. The molecular weight excluding hydrogens is 464 g/mol. The molecule has 172 valence electrons. The van der Waals surface area contributed by atoms with Crippen LogP contribution in [-0.2, 0) is 10.1 Å². The van der Waals surface area contributed by atoms with Crippen LogP contribution in [0.2, 0.25) is 0 Å². The third-order valence-electron chi connectivity index (χ3n) is 4.76. The molecule has 0 saturated heterocycles. The zero-order valence-electron chi connectivity index (χ0n) is 17.2. The molecule has 4 aromatic rings. The summed E-state index contributed by atoms with van der Waals surface area (Å²) in [5.41, 5.74) is 0.248. The number of carbonyl (C=O) groups is 1. The Balaban J connectivity index is 0.000000191. The van der Waals surface area contributed by atoms with E-state index in [0.717, 1.165) is 12.1 Å². The van der Waals surface area contributed by atoms with Gasteiger partial charge >= 0.3 is 5.69 Å². The third kappa shape index (κ3) is 4.73. The van der Waals surface area contributed by atoms with Crippen molar-refractivity contribution in [3.8, 4) is 23.0 Å². The van der Waals surface area contributed by atoms with E-state index in [2.05, 4.69) is 4.98 Å². The Hall–Kier alpha value is -4.66. The topological polar surface area (TPSA) is 183 Å². The monoisotopic (exact) mass is 480 g/mol. The predicted octanol–water partition coefficient (Wildman–Crippen LogP) is 3.97. The van der Waals surface area contributed by atoms with Crippen molar-refractivity contribution in [3.63, 3.8) is 0 Å². The SMILES string of the molecule is N#[N+]c1ccc2c(S(=O)(=O)[O-])cccc2c1O.O=C(c1ccccc1)c1ccc(O)c(O)c1O. The molecule has 0 aliphatic heterocycles. The summed E-state index contributed by atoms with van der Waals surface area (Å²) in [6, 6.07) is 17.2. The smallest absolute Gasteiger partial charge is 0.426 e. The molecule has 4 N–H and O–H groups in total. The van der Waals surface area contributed by atoms with Crippen LogP contribution >= 0.6 is 0 Å². The Bertz CT molecular complexity index is 1550. The molecule has 0 spiro atoms. The van der Waals surface area contributed by atoms with Gasteiger partial charge in [-0.2, -0.15) is 0 Å². The van der Waals surface area contributed by atoms with Crippen LogP contribution in [0.25, 0.3) is 15.7 Å². The number of hydrogen-bond donors (Lipinski definition) is 4. The number of phenols is 4. The van der Waals surface area contributed by atoms with Gasteiger partial charge < -0.3 is 25.0 Å². The molecule has 0 aliphatic carbocycles. The second-order valence-electron chi connectivity index (χ2n) is 6.86. The van der Waals surface area contributed by atoms with Gasteiger partial charge in [-0.15, -0.1) is 0 Å². The van der Waals surface area contributed by atoms with Crippen molar-refractivity contribution < 1.29 is 38.2 Å². The van der Waals surface area contributed by atoms with Crippen molar-refractivity contribution in [2.75, 3.05) is 0 Å². The normalized spacial score (nSPS) is 10.7. The van der Waals surface area contributed by atoms with Crippen LogP contribution < -0.4 is 0 Å². The predicted molar refractivity (Wildman–Crippen MR) is 120 cm³/mol. The van der Waals surface area contributed by atoms with E-state index in [9.17, 15) is 33.1 Å². The van der Waals surface area contributed by atoms with Gasteiger partial charge in [0, 0.05) is 22.4 Å². The van der Waals surface area contributed by atoms with Crippen molar-refractivity contribution in [1.82, 2.24) is 0 Å². The molecule has 0 aromatic heterocycles. The van der Waals surface area contributed by atoms with Crippen LogP contribution in [0.3, 0.4) is 0 Å². The lowest BCUT2D eigenvalue weighted by atomic mass is 10.0. The Morgan fingerprint density at radius 2 is 1.44 bits per heavy atom. The quantitative estimate of drug-likeness (QED) is 0.146. The average molecular weight is 480 g/mol. The molecule has 4 rings (SSSR count). The van der Waals surface area contributed by atoms with Crippen LogP contribution in [0.5, 0.6) is 23.0 Å². The lowest BCUT2D eigenvalue weighted by Crippen LogP contribution is -2.01. The highest BCUT2D eigenvalue weighted by Crippen LogP contribution is 2.38. The summed E-state index contributed by atoms with van der Waals surface area (Å²) in [4.78, 5) is 14.4. The summed E-state index contributed by atoms with van der Waals surface area (Å²) in [7, 11) is -4.62. The number of benzene rings is 4. The zero-order valence-corrected chi connectivity index (χ0v) is 18.0. The van der Waals surface area contributed by atoms with Gasteiger partial charge in [0.15, 0.2) is 22.3 Å². The fraction of sp³-hybridized carbons (Fsp3) is 0. The molecule has 0 atom stereocenters. The first-order valence-electron chi connectivity index (χ1n) is 9.45. The number of hydrogen-bond acceptors (Lipinski definition) is 9. The molecule has 0 fully saturated rings. The minimum Gasteiger partial charge on any atom is -0.744 e. The summed E-state index contributed by atoms with van der Waals surface area (Å²) < 4.78 is 33.0. The van der Waals surface area contributed by atoms with Gasteiger partial charge in [-0.05, 0) is 24.3 Å². The molecule has 0 amide bonds. The second-order valence-corrected chi connectivity index (χ2v) is 8.21. The molecule has 0 heterocycles. The number of nitrogens with zero attached hydrogens (tertiary/aromatic N) is 2. The molecule has 4 aromatic carbocycles. The summed E-state index contributed by atoms with van der Waals surface area (Å²) in [5, 5.41) is 46.6. The minimum absolute atomic E-state index is 0.0495. The van der Waals surface area contributed by atoms with E-state index in [1.807, 2.05) is 0 Å². The second kappa shape index (κ2) is 9.45. The van der Waals surface area contributed by atoms with Crippen LogP contribution in [0.4, 0.5) is 5.69 Å². The van der Waals surface area contributed by atoms with E-state index < -0.39 is 38.0 Å². The summed E-state index contributed by atoms with van der Waals surface area (Å²) in [6.45, 7) is 0. The fourth-order valence-electron chi connectivity index (χ4n) is 3.10. The van der Waals surface area contributed by atoms with Gasteiger partial charge in [0.25, 0.3) is 0 Å². The van der Waals surface area contributed by atoms with E-state index in [1.165, 1.54) is 30.3 Å². The van der Waals surface area contributed by atoms with Crippen LogP contribution in [0, 0.1) is 5.39 Å². The highest BCUT2D eigenvalue weighted by molar-refractivity contribution is 7.86. The number of fused-ring (bicyclic) bond motifs is 1. The standard InChI is InChI=1S/C13H10O4.C10H6N2O4S/c14-10-7-6-9(12(16)13(10)17)11(15)8-4-2-1-3-5-8;11-12-8-5-4-6-7(10(8)13)2-1-3-9(6)17(14,15)16/h1-7,14,16-17H;1-5H,(H-,13,14,15,16). The first-order chi connectivity index (χ1) is 16.1. The molecule has 0 saturated carbocycles. The molecule has 0 bridgehead atoms. The van der Waals surface area contributed by atoms with Crippen molar-refractivity contribution in [2.24, 2.45) is 0 Å². The van der Waals surface area contributed by atoms with Gasteiger partial charge in [-0.1, -0.05) is 42.5 Å². The molecule has 0 aliphatic rings. The van der Waals surface area contributed by atoms with E-state index in [-0.39, 0.29) is 27.8 Å². The van der Waals surface area contributed by atoms with Crippen molar-refractivity contribution in [1.29, 1.82) is 5.39 Å². The molecular formula is C23H16N2O8S. The van der Waals surface area contributed by atoms with E-state index in [4.69, 9.17) is 10.5 Å². The summed E-state index contributed by atoms with van der Waals surface area (Å²) >= 11 is 0. The number of carbonyl (C=O) groups excluding carboxylic acids is 1. The Labute approximate surface area is 193 Å². The van der Waals surface area contributed by atoms with Crippen LogP contribution in [0.15, 0.2) is 77.7 Å². The van der Waals surface area contributed by atoms with Gasteiger partial charge in [0.2, 0.25) is 16.9 Å². The van der Waals surface area contributed by atoms with Crippen molar-refractivity contribution >= 4 is 32.4 Å². The van der Waals surface area contributed by atoms with Gasteiger partial charge in [0.1, 0.15) is 10.1 Å². The van der Waals surface area contributed by atoms with E-state index in [1.54, 1.807) is 30.3 Å². The van der Waals surface area contributed by atoms with Gasteiger partial charge in [-0.3, -0.25) is 4.79 Å². The molecule has 34 heavy (non-hydrogen) atoms. The fourth-order valence-corrected chi connectivity index (χ4v) is 3.79. The number of aromatic hydroxyl groups is 4. The van der Waals surface area contributed by atoms with Crippen molar-refractivity contribution in [3.05, 3.63) is 88.9 Å². The molecule has 0 unspecified atom stereocenters. The molecule has 10 nitrogen and oxygen atoms in total. The zero-order chi connectivity index (χ0) is 25.0. The maximum atomic E-state index is 12.0. The van der Waals surface area contributed by atoms with Crippen molar-refractivity contribution in [2.45, 2.75) is 4.90 Å². The Morgan fingerprint density at radius 3 is 2.06 bits per heavy atom. The maximum absolute atomic E-state index is 12.0. The van der Waals surface area contributed by atoms with Gasteiger partial charge in [0.05, 0.1) is 10.5 Å². The Kier molecular flexibility index (Phi) is 6.67.